The summed E-state index contributed by atoms with van der Waals surface area (Å²) in [5.41, 5.74) is 1.20. The van der Waals surface area contributed by atoms with Gasteiger partial charge in [-0.15, -0.1) is 0 Å². The molecule has 1 N–H and O–H groups in total. The van der Waals surface area contributed by atoms with Crippen molar-refractivity contribution in [2.24, 2.45) is 5.92 Å². The molecule has 1 fully saturated rings. The van der Waals surface area contributed by atoms with E-state index in [1.807, 2.05) is 18.2 Å². The predicted octanol–water partition coefficient (Wildman–Crippen LogP) is 3.07. The Hall–Kier alpha value is -1.35. The smallest absolute Gasteiger partial charge is 0.223 e. The van der Waals surface area contributed by atoms with Gasteiger partial charge in [-0.2, -0.15) is 0 Å². The SMILES string of the molecule is CCC[C@@H](NC(=O)C1CCOCC1)c1ccccc1. The molecule has 1 aromatic rings. The topological polar surface area (TPSA) is 38.3 Å². The minimum Gasteiger partial charge on any atom is -0.381 e. The molecule has 0 aromatic heterocycles. The second-order valence-corrected chi connectivity index (χ2v) is 5.15. The summed E-state index contributed by atoms with van der Waals surface area (Å²) in [6.07, 6.45) is 3.74. The van der Waals surface area contributed by atoms with E-state index in [4.69, 9.17) is 4.74 Å². The van der Waals surface area contributed by atoms with Gasteiger partial charge in [0.05, 0.1) is 6.04 Å². The number of amides is 1. The average molecular weight is 261 g/mol. The van der Waals surface area contributed by atoms with Gasteiger partial charge in [0.1, 0.15) is 0 Å². The molecule has 0 radical (unpaired) electrons. The Kier molecular flexibility index (Phi) is 5.40. The lowest BCUT2D eigenvalue weighted by Crippen LogP contribution is -2.36. The molecular weight excluding hydrogens is 238 g/mol. The van der Waals surface area contributed by atoms with Crippen molar-refractivity contribution in [3.8, 4) is 0 Å². The first-order valence-electron chi connectivity index (χ1n) is 7.24. The molecular formula is C16H23NO2. The van der Waals surface area contributed by atoms with Gasteiger partial charge in [0.2, 0.25) is 5.91 Å². The summed E-state index contributed by atoms with van der Waals surface area (Å²) < 4.78 is 5.31. The lowest BCUT2D eigenvalue weighted by atomic mass is 9.97. The lowest BCUT2D eigenvalue weighted by molar-refractivity contribution is -0.128. The molecule has 1 atom stereocenters. The molecule has 2 rings (SSSR count). The maximum absolute atomic E-state index is 12.3. The fraction of sp³-hybridized carbons (Fsp3) is 0.562. The van der Waals surface area contributed by atoms with Crippen LogP contribution in [0.25, 0.3) is 0 Å². The van der Waals surface area contributed by atoms with Crippen LogP contribution in [0.3, 0.4) is 0 Å². The van der Waals surface area contributed by atoms with E-state index < -0.39 is 0 Å². The Morgan fingerprint density at radius 3 is 2.63 bits per heavy atom. The van der Waals surface area contributed by atoms with Gasteiger partial charge in [-0.3, -0.25) is 4.79 Å². The molecule has 0 spiro atoms. The van der Waals surface area contributed by atoms with Crippen molar-refractivity contribution >= 4 is 5.91 Å². The zero-order chi connectivity index (χ0) is 13.5. The van der Waals surface area contributed by atoms with Crippen molar-refractivity contribution in [2.45, 2.75) is 38.6 Å². The Balaban J connectivity index is 1.98. The van der Waals surface area contributed by atoms with Gasteiger partial charge in [0.15, 0.2) is 0 Å². The van der Waals surface area contributed by atoms with Gasteiger partial charge in [-0.05, 0) is 24.8 Å². The van der Waals surface area contributed by atoms with Crippen LogP contribution in [0.2, 0.25) is 0 Å². The van der Waals surface area contributed by atoms with Crippen molar-refractivity contribution in [1.29, 1.82) is 0 Å². The van der Waals surface area contributed by atoms with Crippen LogP contribution >= 0.6 is 0 Å². The summed E-state index contributed by atoms with van der Waals surface area (Å²) in [7, 11) is 0. The zero-order valence-electron chi connectivity index (χ0n) is 11.6. The van der Waals surface area contributed by atoms with Crippen LogP contribution in [0.4, 0.5) is 0 Å². The van der Waals surface area contributed by atoms with Crippen LogP contribution in [-0.4, -0.2) is 19.1 Å². The molecule has 3 nitrogen and oxygen atoms in total. The van der Waals surface area contributed by atoms with Crippen LogP contribution in [0.15, 0.2) is 30.3 Å². The molecule has 1 amide bonds. The highest BCUT2D eigenvalue weighted by molar-refractivity contribution is 5.79. The van der Waals surface area contributed by atoms with Crippen molar-refractivity contribution in [2.75, 3.05) is 13.2 Å². The van der Waals surface area contributed by atoms with Gasteiger partial charge >= 0.3 is 0 Å². The van der Waals surface area contributed by atoms with E-state index in [1.165, 1.54) is 5.56 Å². The number of hydrogen-bond donors (Lipinski definition) is 1. The molecule has 0 saturated carbocycles. The van der Waals surface area contributed by atoms with Gasteiger partial charge in [-0.25, -0.2) is 0 Å². The Morgan fingerprint density at radius 2 is 2.00 bits per heavy atom. The minimum absolute atomic E-state index is 0.122. The monoisotopic (exact) mass is 261 g/mol. The van der Waals surface area contributed by atoms with Crippen LogP contribution in [0, 0.1) is 5.92 Å². The van der Waals surface area contributed by atoms with Crippen LogP contribution in [0.1, 0.15) is 44.2 Å². The maximum Gasteiger partial charge on any atom is 0.223 e. The first-order chi connectivity index (χ1) is 9.31. The van der Waals surface area contributed by atoms with Gasteiger partial charge < -0.3 is 10.1 Å². The molecule has 19 heavy (non-hydrogen) atoms. The minimum atomic E-state index is 0.122. The lowest BCUT2D eigenvalue weighted by Gasteiger charge is -2.25. The number of carbonyl (C=O) groups excluding carboxylic acids is 1. The van der Waals surface area contributed by atoms with Gasteiger partial charge in [-0.1, -0.05) is 43.7 Å². The standard InChI is InChI=1S/C16H23NO2/c1-2-6-15(13-7-4-3-5-8-13)17-16(18)14-9-11-19-12-10-14/h3-5,7-8,14-15H,2,6,9-12H2,1H3,(H,17,18)/t15-/m1/s1. The van der Waals surface area contributed by atoms with Gasteiger partial charge in [0.25, 0.3) is 0 Å². The van der Waals surface area contributed by atoms with Crippen LogP contribution < -0.4 is 5.32 Å². The third kappa shape index (κ3) is 4.06. The van der Waals surface area contributed by atoms with E-state index >= 15 is 0 Å². The van der Waals surface area contributed by atoms with Crippen LogP contribution in [-0.2, 0) is 9.53 Å². The van der Waals surface area contributed by atoms with E-state index in [1.54, 1.807) is 0 Å². The Bertz CT molecular complexity index is 385. The predicted molar refractivity (Wildman–Crippen MR) is 75.8 cm³/mol. The van der Waals surface area contributed by atoms with E-state index in [0.29, 0.717) is 13.2 Å². The molecule has 3 heteroatoms. The Labute approximate surface area is 115 Å². The van der Waals surface area contributed by atoms with E-state index in [0.717, 1.165) is 25.7 Å². The summed E-state index contributed by atoms with van der Waals surface area (Å²) in [6, 6.07) is 10.4. The maximum atomic E-state index is 12.3. The van der Waals surface area contributed by atoms with E-state index in [-0.39, 0.29) is 17.9 Å². The van der Waals surface area contributed by atoms with E-state index in [9.17, 15) is 4.79 Å². The quantitative estimate of drug-likeness (QED) is 0.884. The van der Waals surface area contributed by atoms with E-state index in [2.05, 4.69) is 24.4 Å². The number of rotatable bonds is 5. The highest BCUT2D eigenvalue weighted by Crippen LogP contribution is 2.21. The summed E-state index contributed by atoms with van der Waals surface area (Å²) in [4.78, 5) is 12.3. The summed E-state index contributed by atoms with van der Waals surface area (Å²) in [5, 5.41) is 3.21. The molecule has 1 aliphatic rings. The third-order valence-electron chi connectivity index (χ3n) is 3.69. The summed E-state index contributed by atoms with van der Waals surface area (Å²) >= 11 is 0. The van der Waals surface area contributed by atoms with Gasteiger partial charge in [0, 0.05) is 19.1 Å². The fourth-order valence-corrected chi connectivity index (χ4v) is 2.55. The highest BCUT2D eigenvalue weighted by atomic mass is 16.5. The van der Waals surface area contributed by atoms with Crippen molar-refractivity contribution < 1.29 is 9.53 Å². The van der Waals surface area contributed by atoms with Crippen LogP contribution in [0.5, 0.6) is 0 Å². The summed E-state index contributed by atoms with van der Waals surface area (Å²) in [6.45, 7) is 3.57. The normalized spacial score (nSPS) is 17.9. The van der Waals surface area contributed by atoms with Crippen molar-refractivity contribution in [3.63, 3.8) is 0 Å². The van der Waals surface area contributed by atoms with Crippen molar-refractivity contribution in [1.82, 2.24) is 5.32 Å². The highest BCUT2D eigenvalue weighted by Gasteiger charge is 2.23. The molecule has 0 unspecified atom stereocenters. The third-order valence-corrected chi connectivity index (χ3v) is 3.69. The molecule has 1 heterocycles. The summed E-state index contributed by atoms with van der Waals surface area (Å²) in [5.74, 6) is 0.308. The average Bonchev–Trinajstić information content (AvgIpc) is 2.48. The second-order valence-electron chi connectivity index (χ2n) is 5.15. The molecule has 0 aliphatic carbocycles. The molecule has 1 saturated heterocycles. The number of nitrogens with one attached hydrogen (secondary N) is 1. The first kappa shape index (κ1) is 14.1. The zero-order valence-corrected chi connectivity index (χ0v) is 11.6. The molecule has 1 aromatic carbocycles. The van der Waals surface area contributed by atoms with Crippen molar-refractivity contribution in [3.05, 3.63) is 35.9 Å². The number of benzene rings is 1. The molecule has 0 bridgehead atoms. The second kappa shape index (κ2) is 7.29. The number of carbonyl (C=O) groups is 1. The number of ether oxygens (including phenoxy) is 1. The largest absolute Gasteiger partial charge is 0.381 e. The fourth-order valence-electron chi connectivity index (χ4n) is 2.55. The number of hydrogen-bond acceptors (Lipinski definition) is 2. The first-order valence-corrected chi connectivity index (χ1v) is 7.24. The molecule has 1 aliphatic heterocycles. The molecule has 104 valence electrons. The Morgan fingerprint density at radius 1 is 1.32 bits per heavy atom.